The van der Waals surface area contributed by atoms with E-state index in [0.717, 1.165) is 33.5 Å². The van der Waals surface area contributed by atoms with Crippen molar-refractivity contribution in [3.63, 3.8) is 0 Å². The van der Waals surface area contributed by atoms with Crippen LogP contribution in [-0.2, 0) is 0 Å². The first-order valence-corrected chi connectivity index (χ1v) is 10.3. The van der Waals surface area contributed by atoms with Gasteiger partial charge < -0.3 is 4.57 Å². The number of rotatable bonds is 4. The van der Waals surface area contributed by atoms with Crippen molar-refractivity contribution in [1.82, 2.24) is 9.55 Å². The Morgan fingerprint density at radius 1 is 1.07 bits per heavy atom. The van der Waals surface area contributed by atoms with Gasteiger partial charge in [-0.05, 0) is 91.0 Å². The highest BCUT2D eigenvalue weighted by molar-refractivity contribution is 14.1. The fourth-order valence-corrected chi connectivity index (χ4v) is 3.82. The third-order valence-corrected chi connectivity index (χ3v) is 5.60. The second kappa shape index (κ2) is 7.93. The standard InChI is InChI=1S/C22H18ClIN4/c1-14-11-16(15(2)28(14)19-6-4-18(24)5-7-19)13-26-27-21-9-10-25-22-12-17(23)3-8-20(21)22/h3-13H,1-2H3,(H,25,27)/b26-13-. The molecule has 0 fully saturated rings. The molecule has 4 aromatic rings. The summed E-state index contributed by atoms with van der Waals surface area (Å²) in [6, 6.07) is 18.2. The van der Waals surface area contributed by atoms with Gasteiger partial charge >= 0.3 is 0 Å². The highest BCUT2D eigenvalue weighted by Gasteiger charge is 2.09. The number of hydrazone groups is 1. The number of benzene rings is 2. The van der Waals surface area contributed by atoms with Crippen LogP contribution < -0.4 is 5.43 Å². The van der Waals surface area contributed by atoms with Crippen molar-refractivity contribution < 1.29 is 0 Å². The van der Waals surface area contributed by atoms with Crippen LogP contribution in [0.3, 0.4) is 0 Å². The third-order valence-electron chi connectivity index (χ3n) is 4.65. The largest absolute Gasteiger partial charge is 0.318 e. The highest BCUT2D eigenvalue weighted by atomic mass is 127. The molecule has 2 aromatic carbocycles. The number of fused-ring (bicyclic) bond motifs is 1. The zero-order chi connectivity index (χ0) is 19.7. The first-order valence-electron chi connectivity index (χ1n) is 8.81. The molecule has 0 radical (unpaired) electrons. The number of anilines is 1. The molecule has 4 rings (SSSR count). The molecule has 1 N–H and O–H groups in total. The van der Waals surface area contributed by atoms with Gasteiger partial charge in [-0.25, -0.2) is 0 Å². The van der Waals surface area contributed by atoms with Crippen LogP contribution in [0.2, 0.25) is 5.02 Å². The lowest BCUT2D eigenvalue weighted by atomic mass is 10.2. The number of hydrogen-bond donors (Lipinski definition) is 1. The maximum absolute atomic E-state index is 6.06. The molecule has 6 heteroatoms. The van der Waals surface area contributed by atoms with Gasteiger partial charge in [-0.15, -0.1) is 0 Å². The number of aryl methyl sites for hydroxylation is 1. The van der Waals surface area contributed by atoms with Crippen molar-refractivity contribution in [3.05, 3.63) is 86.3 Å². The summed E-state index contributed by atoms with van der Waals surface area (Å²) < 4.78 is 3.46. The summed E-state index contributed by atoms with van der Waals surface area (Å²) in [7, 11) is 0. The molecule has 0 aliphatic heterocycles. The summed E-state index contributed by atoms with van der Waals surface area (Å²) in [4.78, 5) is 4.36. The number of nitrogens with zero attached hydrogens (tertiary/aromatic N) is 3. The molecule has 0 saturated carbocycles. The number of pyridine rings is 1. The van der Waals surface area contributed by atoms with Crippen molar-refractivity contribution in [2.45, 2.75) is 13.8 Å². The van der Waals surface area contributed by atoms with Gasteiger partial charge in [0.2, 0.25) is 0 Å². The summed E-state index contributed by atoms with van der Waals surface area (Å²) in [5, 5.41) is 6.11. The first-order chi connectivity index (χ1) is 13.5. The van der Waals surface area contributed by atoms with Crippen LogP contribution in [0.1, 0.15) is 17.0 Å². The Morgan fingerprint density at radius 2 is 1.86 bits per heavy atom. The summed E-state index contributed by atoms with van der Waals surface area (Å²) in [5.41, 5.74) is 9.41. The van der Waals surface area contributed by atoms with E-state index in [1.807, 2.05) is 30.5 Å². The third kappa shape index (κ3) is 3.77. The lowest BCUT2D eigenvalue weighted by Crippen LogP contribution is -2.00. The Kier molecular flexibility index (Phi) is 5.37. The minimum absolute atomic E-state index is 0.670. The van der Waals surface area contributed by atoms with Crippen molar-refractivity contribution in [3.8, 4) is 5.69 Å². The second-order valence-electron chi connectivity index (χ2n) is 6.53. The molecule has 0 atom stereocenters. The average molecular weight is 501 g/mol. The van der Waals surface area contributed by atoms with E-state index in [0.29, 0.717) is 5.02 Å². The van der Waals surface area contributed by atoms with E-state index < -0.39 is 0 Å². The highest BCUT2D eigenvalue weighted by Crippen LogP contribution is 2.25. The lowest BCUT2D eigenvalue weighted by Gasteiger charge is -2.09. The van der Waals surface area contributed by atoms with E-state index in [1.165, 1.54) is 9.26 Å². The summed E-state index contributed by atoms with van der Waals surface area (Å²) >= 11 is 8.38. The van der Waals surface area contributed by atoms with Gasteiger partial charge in [-0.2, -0.15) is 5.10 Å². The smallest absolute Gasteiger partial charge is 0.0738 e. The summed E-state index contributed by atoms with van der Waals surface area (Å²) in [6.45, 7) is 4.21. The van der Waals surface area contributed by atoms with E-state index >= 15 is 0 Å². The zero-order valence-electron chi connectivity index (χ0n) is 15.4. The number of hydrogen-bond acceptors (Lipinski definition) is 3. The van der Waals surface area contributed by atoms with Crippen LogP contribution >= 0.6 is 34.2 Å². The van der Waals surface area contributed by atoms with Crippen LogP contribution in [-0.4, -0.2) is 15.8 Å². The molecule has 28 heavy (non-hydrogen) atoms. The number of halogens is 2. The van der Waals surface area contributed by atoms with Crippen molar-refractivity contribution in [2.75, 3.05) is 5.43 Å². The van der Waals surface area contributed by atoms with Crippen molar-refractivity contribution in [1.29, 1.82) is 0 Å². The normalized spacial score (nSPS) is 11.4. The van der Waals surface area contributed by atoms with E-state index in [2.05, 4.69) is 86.8 Å². The van der Waals surface area contributed by atoms with Gasteiger partial charge in [0.15, 0.2) is 0 Å². The molecule has 0 aliphatic rings. The predicted octanol–water partition coefficient (Wildman–Crippen LogP) is 6.35. The molecule has 2 heterocycles. The van der Waals surface area contributed by atoms with Crippen molar-refractivity contribution >= 4 is 57.0 Å². The minimum atomic E-state index is 0.670. The predicted molar refractivity (Wildman–Crippen MR) is 126 cm³/mol. The van der Waals surface area contributed by atoms with Crippen molar-refractivity contribution in [2.24, 2.45) is 5.10 Å². The minimum Gasteiger partial charge on any atom is -0.318 e. The van der Waals surface area contributed by atoms with E-state index in [4.69, 9.17) is 11.6 Å². The Hall–Kier alpha value is -2.38. The summed E-state index contributed by atoms with van der Waals surface area (Å²) in [5.74, 6) is 0. The SMILES string of the molecule is Cc1cc(/C=N\Nc2ccnc3cc(Cl)ccc23)c(C)n1-c1ccc(I)cc1. The second-order valence-corrected chi connectivity index (χ2v) is 8.21. The Labute approximate surface area is 182 Å². The number of aromatic nitrogens is 2. The average Bonchev–Trinajstić information content (AvgIpc) is 2.96. The molecule has 0 unspecified atom stereocenters. The maximum atomic E-state index is 6.06. The molecule has 0 aliphatic carbocycles. The Morgan fingerprint density at radius 3 is 2.64 bits per heavy atom. The monoisotopic (exact) mass is 500 g/mol. The fourth-order valence-electron chi connectivity index (χ4n) is 3.30. The van der Waals surface area contributed by atoms with Crippen LogP contribution in [0.15, 0.2) is 65.9 Å². The molecule has 4 nitrogen and oxygen atoms in total. The number of nitrogens with one attached hydrogen (secondary N) is 1. The molecule has 0 saturated heterocycles. The van der Waals surface area contributed by atoms with Crippen LogP contribution in [0.25, 0.3) is 16.6 Å². The molecule has 0 spiro atoms. The van der Waals surface area contributed by atoms with Gasteiger partial charge in [0, 0.05) is 42.8 Å². The van der Waals surface area contributed by atoms with Gasteiger partial charge in [0.25, 0.3) is 0 Å². The molecular formula is C22H18ClIN4. The topological polar surface area (TPSA) is 42.2 Å². The molecule has 0 amide bonds. The first kappa shape index (κ1) is 19.0. The van der Waals surface area contributed by atoms with Gasteiger partial charge in [-0.3, -0.25) is 10.4 Å². The molecular weight excluding hydrogens is 483 g/mol. The zero-order valence-corrected chi connectivity index (χ0v) is 18.4. The van der Waals surface area contributed by atoms with Gasteiger partial charge in [-0.1, -0.05) is 11.6 Å². The van der Waals surface area contributed by atoms with Gasteiger partial charge in [0.05, 0.1) is 17.4 Å². The Balaban J connectivity index is 1.61. The molecule has 2 aromatic heterocycles. The molecule has 0 bridgehead atoms. The maximum Gasteiger partial charge on any atom is 0.0738 e. The summed E-state index contributed by atoms with van der Waals surface area (Å²) in [6.07, 6.45) is 3.60. The Bertz CT molecular complexity index is 1180. The van der Waals surface area contributed by atoms with Crippen LogP contribution in [0.5, 0.6) is 0 Å². The van der Waals surface area contributed by atoms with E-state index in [9.17, 15) is 0 Å². The van der Waals surface area contributed by atoms with Crippen LogP contribution in [0.4, 0.5) is 5.69 Å². The van der Waals surface area contributed by atoms with E-state index in [1.54, 1.807) is 6.20 Å². The van der Waals surface area contributed by atoms with Gasteiger partial charge in [0.1, 0.15) is 0 Å². The van der Waals surface area contributed by atoms with E-state index in [-0.39, 0.29) is 0 Å². The lowest BCUT2D eigenvalue weighted by molar-refractivity contribution is 0.964. The molecule has 140 valence electrons. The van der Waals surface area contributed by atoms with Crippen LogP contribution in [0, 0.1) is 17.4 Å². The fraction of sp³-hybridized carbons (Fsp3) is 0.0909. The quantitative estimate of drug-likeness (QED) is 0.202.